The minimum atomic E-state index is -4.00. The summed E-state index contributed by atoms with van der Waals surface area (Å²) in [6.45, 7) is 1.87. The fourth-order valence-electron chi connectivity index (χ4n) is 3.70. The summed E-state index contributed by atoms with van der Waals surface area (Å²) in [5.41, 5.74) is 1.54. The molecule has 0 spiro atoms. The van der Waals surface area contributed by atoms with Crippen LogP contribution in [0.4, 0.5) is 20.6 Å². The average Bonchev–Trinajstić information content (AvgIpc) is 3.35. The third kappa shape index (κ3) is 5.25. The van der Waals surface area contributed by atoms with Crippen LogP contribution in [-0.4, -0.2) is 26.1 Å². The smallest absolute Gasteiger partial charge is 0.333 e. The van der Waals surface area contributed by atoms with Gasteiger partial charge in [0.1, 0.15) is 10.0 Å². The van der Waals surface area contributed by atoms with Gasteiger partial charge in [0, 0.05) is 33.9 Å². The highest BCUT2D eigenvalue weighted by molar-refractivity contribution is 14.1. The van der Waals surface area contributed by atoms with E-state index in [4.69, 9.17) is 0 Å². The van der Waals surface area contributed by atoms with Gasteiger partial charge in [-0.15, -0.1) is 11.3 Å². The molecule has 2 amide bonds. The van der Waals surface area contributed by atoms with E-state index in [1.165, 1.54) is 16.7 Å². The second-order valence-electron chi connectivity index (χ2n) is 7.77. The van der Waals surface area contributed by atoms with Gasteiger partial charge >= 0.3 is 6.03 Å². The molecule has 3 N–H and O–H groups in total. The number of aromatic nitrogens is 1. The summed E-state index contributed by atoms with van der Waals surface area (Å²) in [6.07, 6.45) is 2.11. The summed E-state index contributed by atoms with van der Waals surface area (Å²) in [7, 11) is -2.40. The van der Waals surface area contributed by atoms with Crippen molar-refractivity contribution in [3.63, 3.8) is 0 Å². The van der Waals surface area contributed by atoms with E-state index in [1.54, 1.807) is 49.6 Å². The van der Waals surface area contributed by atoms with Crippen molar-refractivity contribution in [3.8, 4) is 5.69 Å². The fourth-order valence-corrected chi connectivity index (χ4v) is 6.53. The third-order valence-electron chi connectivity index (χ3n) is 5.52. The first-order chi connectivity index (χ1) is 17.2. The molecular formula is C24H22FIN4O4S2. The van der Waals surface area contributed by atoms with Gasteiger partial charge in [0.15, 0.2) is 0 Å². The number of halogens is 2. The predicted molar refractivity (Wildman–Crippen MR) is 150 cm³/mol. The standard InChI is InChI=1S/C24H22FIN4O4S2/c1-3-14-10-16(30-9-8-15-11-21(27-2)19(25)12-18(15)23(30)31)4-6-20(14)28-24(32)29-36(33,34)22-7-5-17(13-26)35-22/h4-12,27H,3,13H2,1-2H3,(H2,28,29,32). The van der Waals surface area contributed by atoms with Crippen molar-refractivity contribution in [2.75, 3.05) is 17.7 Å². The van der Waals surface area contributed by atoms with E-state index in [2.05, 4.69) is 33.2 Å². The SMILES string of the molecule is CCc1cc(-n2ccc3cc(NC)c(F)cc3c2=O)ccc1NC(=O)NS(=O)(=O)c1ccc(CI)s1. The minimum Gasteiger partial charge on any atom is -0.386 e. The van der Waals surface area contributed by atoms with Crippen LogP contribution in [-0.2, 0) is 20.9 Å². The molecule has 188 valence electrons. The molecule has 0 aliphatic carbocycles. The molecule has 36 heavy (non-hydrogen) atoms. The second kappa shape index (κ2) is 10.6. The number of amides is 2. The average molecular weight is 641 g/mol. The Labute approximate surface area is 224 Å². The van der Waals surface area contributed by atoms with Crippen LogP contribution in [0.1, 0.15) is 17.4 Å². The summed E-state index contributed by atoms with van der Waals surface area (Å²) in [5.74, 6) is -0.525. The van der Waals surface area contributed by atoms with Crippen molar-refractivity contribution in [2.24, 2.45) is 0 Å². The highest BCUT2D eigenvalue weighted by Gasteiger charge is 2.20. The Hall–Kier alpha value is -2.97. The molecular weight excluding hydrogens is 618 g/mol. The van der Waals surface area contributed by atoms with Crippen LogP contribution >= 0.6 is 33.9 Å². The molecule has 0 bridgehead atoms. The van der Waals surface area contributed by atoms with Crippen LogP contribution in [0.2, 0.25) is 0 Å². The maximum atomic E-state index is 14.3. The molecule has 0 radical (unpaired) electrons. The Kier molecular flexibility index (Phi) is 7.66. The number of benzene rings is 2. The Morgan fingerprint density at radius 1 is 1.11 bits per heavy atom. The van der Waals surface area contributed by atoms with Gasteiger partial charge < -0.3 is 10.6 Å². The minimum absolute atomic E-state index is 0.0596. The van der Waals surface area contributed by atoms with E-state index in [9.17, 15) is 22.4 Å². The maximum absolute atomic E-state index is 14.3. The number of nitrogens with one attached hydrogen (secondary N) is 3. The first-order valence-corrected chi connectivity index (χ1v) is 14.6. The third-order valence-corrected chi connectivity index (χ3v) is 9.77. The molecule has 0 fully saturated rings. The number of pyridine rings is 1. The molecule has 2 aromatic heterocycles. The molecule has 8 nitrogen and oxygen atoms in total. The number of aryl methyl sites for hydroxylation is 1. The van der Waals surface area contributed by atoms with Gasteiger partial charge in [-0.1, -0.05) is 29.5 Å². The lowest BCUT2D eigenvalue weighted by atomic mass is 10.1. The maximum Gasteiger partial charge on any atom is 0.333 e. The van der Waals surface area contributed by atoms with Gasteiger partial charge in [0.05, 0.1) is 11.1 Å². The van der Waals surface area contributed by atoms with Crippen molar-refractivity contribution in [2.45, 2.75) is 22.0 Å². The zero-order valence-corrected chi connectivity index (χ0v) is 23.1. The van der Waals surface area contributed by atoms with Crippen LogP contribution in [0.5, 0.6) is 0 Å². The number of fused-ring (bicyclic) bond motifs is 1. The highest BCUT2D eigenvalue weighted by Crippen LogP contribution is 2.25. The number of rotatable bonds is 7. The summed E-state index contributed by atoms with van der Waals surface area (Å²) in [4.78, 5) is 26.5. The van der Waals surface area contributed by atoms with Crippen molar-refractivity contribution >= 4 is 72.1 Å². The zero-order valence-electron chi connectivity index (χ0n) is 19.3. The van der Waals surface area contributed by atoms with Gasteiger partial charge in [-0.05, 0) is 65.9 Å². The lowest BCUT2D eigenvalue weighted by molar-refractivity contribution is 0.256. The molecule has 2 aromatic carbocycles. The van der Waals surface area contributed by atoms with Gasteiger partial charge in [0.25, 0.3) is 15.6 Å². The number of anilines is 2. The molecule has 0 aliphatic rings. The molecule has 0 saturated carbocycles. The molecule has 12 heteroatoms. The van der Waals surface area contributed by atoms with Crippen molar-refractivity contribution in [1.82, 2.24) is 9.29 Å². The second-order valence-corrected chi connectivity index (χ2v) is 11.6. The molecule has 2 heterocycles. The van der Waals surface area contributed by atoms with Crippen LogP contribution in [0.25, 0.3) is 16.5 Å². The first-order valence-electron chi connectivity index (χ1n) is 10.8. The van der Waals surface area contributed by atoms with Crippen molar-refractivity contribution in [3.05, 3.63) is 81.3 Å². The Morgan fingerprint density at radius 2 is 1.89 bits per heavy atom. The Balaban J connectivity index is 1.60. The summed E-state index contributed by atoms with van der Waals surface area (Å²) < 4.78 is 43.5. The zero-order chi connectivity index (χ0) is 26.0. The lowest BCUT2D eigenvalue weighted by Crippen LogP contribution is -2.34. The van der Waals surface area contributed by atoms with E-state index < -0.39 is 21.9 Å². The number of thiophene rings is 1. The van der Waals surface area contributed by atoms with Crippen molar-refractivity contribution in [1.29, 1.82) is 0 Å². The lowest BCUT2D eigenvalue weighted by Gasteiger charge is -2.14. The van der Waals surface area contributed by atoms with E-state index in [0.29, 0.717) is 38.9 Å². The number of sulfonamides is 1. The van der Waals surface area contributed by atoms with Gasteiger partial charge in [-0.25, -0.2) is 22.3 Å². The highest BCUT2D eigenvalue weighted by atomic mass is 127. The summed E-state index contributed by atoms with van der Waals surface area (Å²) in [6, 6.07) is 11.7. The van der Waals surface area contributed by atoms with E-state index in [0.717, 1.165) is 16.2 Å². The van der Waals surface area contributed by atoms with E-state index in [1.807, 2.05) is 11.6 Å². The fraction of sp³-hybridized carbons (Fsp3) is 0.167. The van der Waals surface area contributed by atoms with Gasteiger partial charge in [-0.2, -0.15) is 0 Å². The van der Waals surface area contributed by atoms with Crippen LogP contribution in [0.15, 0.2) is 63.7 Å². The van der Waals surface area contributed by atoms with E-state index in [-0.39, 0.29) is 15.2 Å². The van der Waals surface area contributed by atoms with Crippen LogP contribution in [0.3, 0.4) is 0 Å². The summed E-state index contributed by atoms with van der Waals surface area (Å²) >= 11 is 3.24. The number of urea groups is 1. The van der Waals surface area contributed by atoms with E-state index >= 15 is 0 Å². The number of nitrogens with zero attached hydrogens (tertiary/aromatic N) is 1. The molecule has 4 rings (SSSR count). The van der Waals surface area contributed by atoms with Crippen molar-refractivity contribution < 1.29 is 17.6 Å². The molecule has 0 aliphatic heterocycles. The largest absolute Gasteiger partial charge is 0.386 e. The molecule has 0 unspecified atom stereocenters. The quantitative estimate of drug-likeness (QED) is 0.189. The molecule has 0 atom stereocenters. The van der Waals surface area contributed by atoms with Crippen LogP contribution < -0.4 is 20.9 Å². The number of carbonyl (C=O) groups excluding carboxylic acids is 1. The monoisotopic (exact) mass is 640 g/mol. The Bertz CT molecular complexity index is 1630. The number of hydrogen-bond acceptors (Lipinski definition) is 6. The number of carbonyl (C=O) groups is 1. The molecule has 4 aromatic rings. The van der Waals surface area contributed by atoms with Gasteiger partial charge in [-0.3, -0.25) is 9.36 Å². The van der Waals surface area contributed by atoms with Crippen LogP contribution in [0, 0.1) is 5.82 Å². The Morgan fingerprint density at radius 3 is 2.56 bits per heavy atom. The first kappa shape index (κ1) is 26.1. The summed E-state index contributed by atoms with van der Waals surface area (Å²) in [5, 5.41) is 6.17. The van der Waals surface area contributed by atoms with Gasteiger partial charge in [0.2, 0.25) is 0 Å². The topological polar surface area (TPSA) is 109 Å². The molecule has 0 saturated heterocycles. The number of hydrogen-bond donors (Lipinski definition) is 3. The normalized spacial score (nSPS) is 11.4. The predicted octanol–water partition coefficient (Wildman–Crippen LogP) is 5.24. The number of alkyl halides is 1.